The number of nitrogens with zero attached hydrogens (tertiary/aromatic N) is 5. The molecule has 0 spiro atoms. The van der Waals surface area contributed by atoms with Gasteiger partial charge in [0.1, 0.15) is 0 Å². The molecule has 0 radical (unpaired) electrons. The molecule has 0 bridgehead atoms. The zero-order valence-electron chi connectivity index (χ0n) is 22.4. The first-order valence-corrected chi connectivity index (χ1v) is 14.1. The van der Waals surface area contributed by atoms with Crippen molar-refractivity contribution in [3.8, 4) is 34.2 Å². The van der Waals surface area contributed by atoms with Crippen molar-refractivity contribution in [1.82, 2.24) is 24.1 Å². The molecule has 0 saturated carbocycles. The Hall–Kier alpha value is -5.81. The van der Waals surface area contributed by atoms with Gasteiger partial charge in [0.2, 0.25) is 5.95 Å². The third-order valence-corrected chi connectivity index (χ3v) is 8.72. The van der Waals surface area contributed by atoms with Crippen molar-refractivity contribution < 1.29 is 0 Å². The quantitative estimate of drug-likeness (QED) is 0.222. The molecule has 4 aromatic heterocycles. The number of benzene rings is 5. The molecule has 0 amide bonds. The van der Waals surface area contributed by atoms with E-state index in [1.807, 2.05) is 12.3 Å². The van der Waals surface area contributed by atoms with Gasteiger partial charge < -0.3 is 4.57 Å². The Kier molecular flexibility index (Phi) is 4.12. The molecule has 10 rings (SSSR count). The number of hydrogen-bond acceptors (Lipinski definition) is 3. The van der Waals surface area contributed by atoms with Crippen molar-refractivity contribution in [2.45, 2.75) is 0 Å². The zero-order valence-corrected chi connectivity index (χ0v) is 22.4. The Labute approximate surface area is 240 Å². The maximum Gasteiger partial charge on any atom is 0.235 e. The van der Waals surface area contributed by atoms with E-state index < -0.39 is 0 Å². The van der Waals surface area contributed by atoms with E-state index >= 15 is 0 Å². The van der Waals surface area contributed by atoms with Crippen LogP contribution in [0.5, 0.6) is 0 Å². The van der Waals surface area contributed by atoms with Crippen LogP contribution in [0.15, 0.2) is 128 Å². The van der Waals surface area contributed by atoms with Gasteiger partial charge in [-0.15, -0.1) is 0 Å². The van der Waals surface area contributed by atoms with Crippen molar-refractivity contribution >= 4 is 54.5 Å². The van der Waals surface area contributed by atoms with E-state index in [2.05, 4.69) is 124 Å². The lowest BCUT2D eigenvalue weighted by Gasteiger charge is -2.11. The molecule has 4 heterocycles. The Balaban J connectivity index is 1.27. The van der Waals surface area contributed by atoms with Crippen molar-refractivity contribution in [3.05, 3.63) is 128 Å². The fourth-order valence-electron chi connectivity index (χ4n) is 6.99. The van der Waals surface area contributed by atoms with Gasteiger partial charge in [-0.05, 0) is 54.6 Å². The topological polar surface area (TPSA) is 48.5 Å². The number of pyridine rings is 1. The molecule has 1 aliphatic carbocycles. The first-order valence-electron chi connectivity index (χ1n) is 14.1. The number of aromatic nitrogens is 5. The van der Waals surface area contributed by atoms with Crippen molar-refractivity contribution in [3.63, 3.8) is 0 Å². The average molecular weight is 536 g/mol. The smallest absolute Gasteiger partial charge is 0.235 e. The summed E-state index contributed by atoms with van der Waals surface area (Å²) in [5.74, 6) is 0.669. The predicted octanol–water partition coefficient (Wildman–Crippen LogP) is 8.87. The molecule has 0 atom stereocenters. The highest BCUT2D eigenvalue weighted by atomic mass is 15.2. The highest BCUT2D eigenvalue weighted by molar-refractivity contribution is 6.14. The van der Waals surface area contributed by atoms with Crippen LogP contribution < -0.4 is 0 Å². The summed E-state index contributed by atoms with van der Waals surface area (Å²) < 4.78 is 4.58. The summed E-state index contributed by atoms with van der Waals surface area (Å²) in [6, 6.07) is 42.9. The molecule has 0 N–H and O–H groups in total. The molecule has 9 aromatic rings. The molecule has 194 valence electrons. The van der Waals surface area contributed by atoms with Crippen LogP contribution in [0.3, 0.4) is 0 Å². The van der Waals surface area contributed by atoms with Crippen LogP contribution in [-0.4, -0.2) is 24.1 Å². The van der Waals surface area contributed by atoms with Gasteiger partial charge in [-0.25, -0.2) is 9.97 Å². The summed E-state index contributed by atoms with van der Waals surface area (Å²) in [6.07, 6.45) is 1.85. The van der Waals surface area contributed by atoms with Gasteiger partial charge in [0.05, 0.1) is 39.0 Å². The molecule has 0 saturated heterocycles. The first kappa shape index (κ1) is 21.9. The fourth-order valence-corrected chi connectivity index (χ4v) is 6.99. The van der Waals surface area contributed by atoms with Gasteiger partial charge in [0.25, 0.3) is 0 Å². The summed E-state index contributed by atoms with van der Waals surface area (Å²) in [7, 11) is 0. The Morgan fingerprint density at radius 3 is 1.86 bits per heavy atom. The van der Waals surface area contributed by atoms with Gasteiger partial charge in [-0.1, -0.05) is 66.7 Å². The predicted molar refractivity (Wildman–Crippen MR) is 170 cm³/mol. The lowest BCUT2D eigenvalue weighted by atomic mass is 10.1. The van der Waals surface area contributed by atoms with E-state index in [0.29, 0.717) is 5.95 Å². The average Bonchev–Trinajstić information content (AvgIpc) is 3.68. The Morgan fingerprint density at radius 1 is 0.452 bits per heavy atom. The standard InChI is InChI=1S/C37H21N5/c1-4-15-30-23(9-1)24-10-2-5-16-31(24)41(30)22-18-19-33-28(21-22)25-11-3-6-17-32(25)42(33)37-39-29-14-7-12-26-34(29)36(40-37)27-13-8-20-38-35(26)27/h1-21H. The van der Waals surface area contributed by atoms with Crippen molar-refractivity contribution in [1.29, 1.82) is 0 Å². The van der Waals surface area contributed by atoms with Gasteiger partial charge in [0.15, 0.2) is 0 Å². The summed E-state index contributed by atoms with van der Waals surface area (Å²) in [4.78, 5) is 15.0. The lowest BCUT2D eigenvalue weighted by Crippen LogP contribution is -2.02. The molecule has 0 aliphatic heterocycles. The monoisotopic (exact) mass is 535 g/mol. The number of fused-ring (bicyclic) bond motifs is 9. The Morgan fingerprint density at radius 2 is 1.10 bits per heavy atom. The zero-order chi connectivity index (χ0) is 27.4. The molecule has 42 heavy (non-hydrogen) atoms. The summed E-state index contributed by atoms with van der Waals surface area (Å²) in [6.45, 7) is 0. The van der Waals surface area contributed by atoms with Crippen LogP contribution >= 0.6 is 0 Å². The minimum absolute atomic E-state index is 0.669. The lowest BCUT2D eigenvalue weighted by molar-refractivity contribution is 1.01. The van der Waals surface area contributed by atoms with E-state index in [1.165, 1.54) is 32.6 Å². The van der Waals surface area contributed by atoms with Gasteiger partial charge in [0, 0.05) is 49.9 Å². The summed E-state index contributed by atoms with van der Waals surface area (Å²) in [5, 5.41) is 5.93. The second kappa shape index (κ2) is 7.89. The van der Waals surface area contributed by atoms with E-state index in [-0.39, 0.29) is 0 Å². The van der Waals surface area contributed by atoms with E-state index in [1.54, 1.807) is 0 Å². The maximum absolute atomic E-state index is 5.22. The fraction of sp³-hybridized carbons (Fsp3) is 0. The van der Waals surface area contributed by atoms with Gasteiger partial charge >= 0.3 is 0 Å². The first-order chi connectivity index (χ1) is 20.8. The van der Waals surface area contributed by atoms with Crippen LogP contribution in [-0.2, 0) is 0 Å². The largest absolute Gasteiger partial charge is 0.309 e. The third kappa shape index (κ3) is 2.74. The number of hydrogen-bond donors (Lipinski definition) is 0. The number of para-hydroxylation sites is 3. The van der Waals surface area contributed by atoms with E-state index in [9.17, 15) is 0 Å². The van der Waals surface area contributed by atoms with Crippen molar-refractivity contribution in [2.75, 3.05) is 0 Å². The molecular weight excluding hydrogens is 514 g/mol. The second-order valence-electron chi connectivity index (χ2n) is 10.9. The maximum atomic E-state index is 5.22. The van der Waals surface area contributed by atoms with E-state index in [4.69, 9.17) is 15.0 Å². The van der Waals surface area contributed by atoms with Crippen LogP contribution in [0.4, 0.5) is 0 Å². The van der Waals surface area contributed by atoms with Gasteiger partial charge in [-0.3, -0.25) is 9.55 Å². The van der Waals surface area contributed by atoms with Crippen LogP contribution in [0.25, 0.3) is 88.7 Å². The molecule has 5 nitrogen and oxygen atoms in total. The molecule has 0 fully saturated rings. The minimum atomic E-state index is 0.669. The van der Waals surface area contributed by atoms with E-state index in [0.717, 1.165) is 50.1 Å². The minimum Gasteiger partial charge on any atom is -0.309 e. The molecule has 1 aliphatic rings. The highest BCUT2D eigenvalue weighted by Crippen LogP contribution is 2.45. The van der Waals surface area contributed by atoms with Gasteiger partial charge in [-0.2, -0.15) is 0 Å². The SMILES string of the molecule is c1cnc2c(c1)-c1nc(-n3c4ccccc4c4cc(-n5c6ccccc6c6ccccc65)ccc43)nc3cccc-2c13. The molecular formula is C37H21N5. The van der Waals surface area contributed by atoms with Crippen LogP contribution in [0.1, 0.15) is 0 Å². The summed E-state index contributed by atoms with van der Waals surface area (Å²) in [5.41, 5.74) is 10.7. The van der Waals surface area contributed by atoms with Crippen molar-refractivity contribution in [2.24, 2.45) is 0 Å². The Bertz CT molecular complexity index is 2530. The van der Waals surface area contributed by atoms with Crippen LogP contribution in [0, 0.1) is 0 Å². The molecule has 0 unspecified atom stereocenters. The van der Waals surface area contributed by atoms with Crippen LogP contribution in [0.2, 0.25) is 0 Å². The molecule has 5 aromatic carbocycles. The summed E-state index contributed by atoms with van der Waals surface area (Å²) >= 11 is 0. The highest BCUT2D eigenvalue weighted by Gasteiger charge is 2.26. The third-order valence-electron chi connectivity index (χ3n) is 8.72. The normalized spacial score (nSPS) is 12.3. The molecule has 5 heteroatoms. The second-order valence-corrected chi connectivity index (χ2v) is 10.9. The number of rotatable bonds is 2.